The summed E-state index contributed by atoms with van der Waals surface area (Å²) in [7, 11) is 0. The van der Waals surface area contributed by atoms with Gasteiger partial charge in [0.25, 0.3) is 0 Å². The van der Waals surface area contributed by atoms with E-state index in [0.29, 0.717) is 5.75 Å². The minimum atomic E-state index is -1.08. The van der Waals surface area contributed by atoms with E-state index in [4.69, 9.17) is 16.3 Å². The fourth-order valence-electron chi connectivity index (χ4n) is 1.86. The third-order valence-corrected chi connectivity index (χ3v) is 4.47. The molecule has 2 rings (SSSR count). The number of Topliss-reactive ketones (excluding diaryl/α,β-unsaturated/α-hetero) is 1. The normalized spacial score (nSPS) is 11.5. The molecule has 24 heavy (non-hydrogen) atoms. The first-order valence-electron chi connectivity index (χ1n) is 7.47. The van der Waals surface area contributed by atoms with E-state index in [0.717, 1.165) is 10.5 Å². The molecule has 0 aromatic heterocycles. The van der Waals surface area contributed by atoms with Gasteiger partial charge >= 0.3 is 6.09 Å². The zero-order chi connectivity index (χ0) is 17.2. The summed E-state index contributed by atoms with van der Waals surface area (Å²) in [6.07, 6.45) is -0.435. The maximum Gasteiger partial charge on any atom is 0.408 e. The van der Waals surface area contributed by atoms with Crippen LogP contribution in [0.3, 0.4) is 0 Å². The molecule has 0 saturated heterocycles. The standard InChI is InChI=1S/C18H18ClNO3S/c19-17(16(21)11-12-24-15-9-5-2-6-10-15)20-18(22)23-13-14-7-3-1-4-8-14/h1-10,17H,11-13H2,(H,20,22)/t17-/m0/s1. The predicted octanol–water partition coefficient (Wildman–Crippen LogP) is 4.23. The second-order valence-corrected chi connectivity index (χ2v) is 6.55. The van der Waals surface area contributed by atoms with Crippen LogP contribution in [0.1, 0.15) is 12.0 Å². The van der Waals surface area contributed by atoms with Crippen molar-refractivity contribution in [3.8, 4) is 0 Å². The number of hydrogen-bond acceptors (Lipinski definition) is 4. The molecule has 1 atom stereocenters. The van der Waals surface area contributed by atoms with Gasteiger partial charge in [0, 0.05) is 17.1 Å². The summed E-state index contributed by atoms with van der Waals surface area (Å²) in [6.45, 7) is 0.133. The minimum Gasteiger partial charge on any atom is -0.445 e. The Labute approximate surface area is 150 Å². The molecule has 0 unspecified atom stereocenters. The summed E-state index contributed by atoms with van der Waals surface area (Å²) < 4.78 is 5.03. The highest BCUT2D eigenvalue weighted by molar-refractivity contribution is 7.99. The predicted molar refractivity (Wildman–Crippen MR) is 96.2 cm³/mol. The van der Waals surface area contributed by atoms with E-state index in [1.165, 1.54) is 0 Å². The average Bonchev–Trinajstić information content (AvgIpc) is 2.61. The van der Waals surface area contributed by atoms with E-state index in [9.17, 15) is 9.59 Å². The number of benzene rings is 2. The Hall–Kier alpha value is -1.98. The fourth-order valence-corrected chi connectivity index (χ4v) is 2.95. The molecule has 1 N–H and O–H groups in total. The SMILES string of the molecule is O=C(N[C@H](Cl)C(=O)CCSc1ccccc1)OCc1ccccc1. The molecule has 0 saturated carbocycles. The van der Waals surface area contributed by atoms with E-state index in [1.807, 2.05) is 60.7 Å². The van der Waals surface area contributed by atoms with Crippen LogP contribution in [0.15, 0.2) is 65.6 Å². The highest BCUT2D eigenvalue weighted by Crippen LogP contribution is 2.18. The van der Waals surface area contributed by atoms with Gasteiger partial charge in [0.15, 0.2) is 11.3 Å². The molecule has 2 aromatic carbocycles. The number of rotatable bonds is 8. The van der Waals surface area contributed by atoms with Crippen LogP contribution in [0, 0.1) is 0 Å². The number of halogens is 1. The summed E-state index contributed by atoms with van der Waals surface area (Å²) in [6, 6.07) is 19.1. The smallest absolute Gasteiger partial charge is 0.408 e. The maximum absolute atomic E-state index is 11.9. The van der Waals surface area contributed by atoms with Crippen molar-refractivity contribution in [2.24, 2.45) is 0 Å². The molecule has 0 bridgehead atoms. The van der Waals surface area contributed by atoms with Crippen molar-refractivity contribution < 1.29 is 14.3 Å². The summed E-state index contributed by atoms with van der Waals surface area (Å²) >= 11 is 7.49. The van der Waals surface area contributed by atoms with E-state index in [2.05, 4.69) is 5.32 Å². The van der Waals surface area contributed by atoms with Crippen molar-refractivity contribution in [2.75, 3.05) is 5.75 Å². The molecule has 0 aliphatic heterocycles. The molecule has 0 heterocycles. The number of amides is 1. The summed E-state index contributed by atoms with van der Waals surface area (Å²) in [5, 5.41) is 2.34. The molecule has 0 aliphatic carbocycles. The average molecular weight is 364 g/mol. The maximum atomic E-state index is 11.9. The Morgan fingerprint density at radius 1 is 1.04 bits per heavy atom. The van der Waals surface area contributed by atoms with Gasteiger partial charge < -0.3 is 4.74 Å². The molecule has 0 radical (unpaired) electrons. The number of ether oxygens (including phenoxy) is 1. The quantitative estimate of drug-likeness (QED) is 0.433. The zero-order valence-corrected chi connectivity index (χ0v) is 14.6. The van der Waals surface area contributed by atoms with Gasteiger partial charge in [0.1, 0.15) is 6.61 Å². The summed E-state index contributed by atoms with van der Waals surface area (Å²) in [5.74, 6) is 0.365. The lowest BCUT2D eigenvalue weighted by Gasteiger charge is -2.11. The van der Waals surface area contributed by atoms with E-state index in [1.54, 1.807) is 11.8 Å². The molecule has 1 amide bonds. The number of carbonyl (C=O) groups excluding carboxylic acids is 2. The number of nitrogens with one attached hydrogen (secondary N) is 1. The Kier molecular flexibility index (Phi) is 7.65. The van der Waals surface area contributed by atoms with Gasteiger partial charge in [-0.05, 0) is 17.7 Å². The highest BCUT2D eigenvalue weighted by atomic mass is 35.5. The number of alkyl halides is 1. The lowest BCUT2D eigenvalue weighted by Crippen LogP contribution is -2.37. The van der Waals surface area contributed by atoms with Crippen LogP contribution in [0.25, 0.3) is 0 Å². The van der Waals surface area contributed by atoms with Gasteiger partial charge in [-0.3, -0.25) is 10.1 Å². The first kappa shape index (κ1) is 18.4. The summed E-state index contributed by atoms with van der Waals surface area (Å²) in [4.78, 5) is 24.7. The number of carbonyl (C=O) groups is 2. The molecule has 0 aliphatic rings. The Morgan fingerprint density at radius 3 is 2.33 bits per heavy atom. The fraction of sp³-hybridized carbons (Fsp3) is 0.222. The van der Waals surface area contributed by atoms with Gasteiger partial charge in [0.2, 0.25) is 0 Å². The molecule has 2 aromatic rings. The third kappa shape index (κ3) is 6.64. The van der Waals surface area contributed by atoms with Crippen molar-refractivity contribution >= 4 is 35.2 Å². The first-order chi connectivity index (χ1) is 11.6. The molecule has 0 spiro atoms. The van der Waals surface area contributed by atoms with Gasteiger partial charge in [0.05, 0.1) is 0 Å². The Morgan fingerprint density at radius 2 is 1.67 bits per heavy atom. The van der Waals surface area contributed by atoms with Crippen molar-refractivity contribution in [3.63, 3.8) is 0 Å². The Bertz CT molecular complexity index is 652. The van der Waals surface area contributed by atoms with Gasteiger partial charge in [-0.25, -0.2) is 4.79 Å². The largest absolute Gasteiger partial charge is 0.445 e. The van der Waals surface area contributed by atoms with Crippen LogP contribution in [0.2, 0.25) is 0 Å². The van der Waals surface area contributed by atoms with Crippen LogP contribution in [-0.4, -0.2) is 23.1 Å². The number of alkyl carbamates (subject to hydrolysis) is 1. The van der Waals surface area contributed by atoms with Crippen LogP contribution in [-0.2, 0) is 16.1 Å². The molecule has 6 heteroatoms. The molecule has 4 nitrogen and oxygen atoms in total. The van der Waals surface area contributed by atoms with Crippen molar-refractivity contribution in [3.05, 3.63) is 66.2 Å². The second-order valence-electron chi connectivity index (χ2n) is 4.95. The van der Waals surface area contributed by atoms with Gasteiger partial charge in [-0.2, -0.15) is 0 Å². The lowest BCUT2D eigenvalue weighted by atomic mass is 10.2. The Balaban J connectivity index is 1.66. The lowest BCUT2D eigenvalue weighted by molar-refractivity contribution is -0.118. The first-order valence-corrected chi connectivity index (χ1v) is 8.89. The minimum absolute atomic E-state index is 0.133. The molecular weight excluding hydrogens is 346 g/mol. The van der Waals surface area contributed by atoms with Crippen LogP contribution < -0.4 is 5.32 Å². The van der Waals surface area contributed by atoms with Crippen molar-refractivity contribution in [1.82, 2.24) is 5.32 Å². The van der Waals surface area contributed by atoms with E-state index in [-0.39, 0.29) is 18.8 Å². The van der Waals surface area contributed by atoms with E-state index >= 15 is 0 Å². The van der Waals surface area contributed by atoms with Crippen LogP contribution in [0.5, 0.6) is 0 Å². The van der Waals surface area contributed by atoms with Crippen LogP contribution in [0.4, 0.5) is 4.79 Å². The van der Waals surface area contributed by atoms with Crippen molar-refractivity contribution in [2.45, 2.75) is 23.4 Å². The van der Waals surface area contributed by atoms with Crippen LogP contribution >= 0.6 is 23.4 Å². The third-order valence-electron chi connectivity index (χ3n) is 3.10. The molecule has 126 valence electrons. The molecular formula is C18H18ClNO3S. The second kappa shape index (κ2) is 10.0. The zero-order valence-electron chi connectivity index (χ0n) is 13.0. The van der Waals surface area contributed by atoms with Gasteiger partial charge in [-0.1, -0.05) is 60.1 Å². The summed E-state index contributed by atoms with van der Waals surface area (Å²) in [5.41, 5.74) is -0.214. The number of hydrogen-bond donors (Lipinski definition) is 1. The monoisotopic (exact) mass is 363 g/mol. The molecule has 0 fully saturated rings. The highest BCUT2D eigenvalue weighted by Gasteiger charge is 2.18. The topological polar surface area (TPSA) is 55.4 Å². The number of thioether (sulfide) groups is 1. The van der Waals surface area contributed by atoms with E-state index < -0.39 is 11.6 Å². The van der Waals surface area contributed by atoms with Gasteiger partial charge in [-0.15, -0.1) is 11.8 Å². The number of ketones is 1. The van der Waals surface area contributed by atoms with Crippen molar-refractivity contribution in [1.29, 1.82) is 0 Å².